The van der Waals surface area contributed by atoms with E-state index in [0.29, 0.717) is 0 Å². The van der Waals surface area contributed by atoms with Crippen molar-refractivity contribution in [2.45, 2.75) is 5.41 Å². The third kappa shape index (κ3) is 7.61. The molecular formula is C73H49NS. The lowest BCUT2D eigenvalue weighted by atomic mass is 9.67. The topological polar surface area (TPSA) is 3.24 Å². The molecule has 0 radical (unpaired) electrons. The van der Waals surface area contributed by atoms with Crippen molar-refractivity contribution >= 4 is 48.6 Å². The molecule has 1 aromatic heterocycles. The van der Waals surface area contributed by atoms with E-state index in [1.165, 1.54) is 98.1 Å². The van der Waals surface area contributed by atoms with Crippen molar-refractivity contribution in [2.75, 3.05) is 4.90 Å². The molecule has 0 saturated carbocycles. The third-order valence-corrected chi connectivity index (χ3v) is 16.6. The lowest BCUT2D eigenvalue weighted by Crippen LogP contribution is -2.28. The van der Waals surface area contributed by atoms with Crippen molar-refractivity contribution in [1.82, 2.24) is 0 Å². The molecule has 75 heavy (non-hydrogen) atoms. The summed E-state index contributed by atoms with van der Waals surface area (Å²) in [5.41, 5.74) is 22.0. The molecule has 0 N–H and O–H groups in total. The summed E-state index contributed by atoms with van der Waals surface area (Å²) in [7, 11) is 0. The molecule has 0 atom stereocenters. The van der Waals surface area contributed by atoms with Crippen molar-refractivity contribution < 1.29 is 0 Å². The van der Waals surface area contributed by atoms with Crippen LogP contribution in [0.15, 0.2) is 297 Å². The van der Waals surface area contributed by atoms with Gasteiger partial charge in [-0.25, -0.2) is 0 Å². The van der Waals surface area contributed by atoms with Crippen molar-refractivity contribution in [2.24, 2.45) is 0 Å². The maximum Gasteiger partial charge on any atom is 0.0714 e. The van der Waals surface area contributed by atoms with Crippen LogP contribution in [-0.4, -0.2) is 0 Å². The van der Waals surface area contributed by atoms with Crippen LogP contribution >= 0.6 is 11.3 Å². The van der Waals surface area contributed by atoms with E-state index in [4.69, 9.17) is 0 Å². The Hall–Kier alpha value is -9.34. The quantitative estimate of drug-likeness (QED) is 0.132. The second kappa shape index (κ2) is 18.6. The minimum atomic E-state index is -0.625. The zero-order chi connectivity index (χ0) is 49.7. The Kier molecular flexibility index (Phi) is 11.0. The van der Waals surface area contributed by atoms with Gasteiger partial charge in [0.2, 0.25) is 0 Å². The number of fused-ring (bicyclic) bond motifs is 6. The van der Waals surface area contributed by atoms with Crippen molar-refractivity contribution in [3.63, 3.8) is 0 Å². The van der Waals surface area contributed by atoms with E-state index in [1.54, 1.807) is 0 Å². The summed E-state index contributed by atoms with van der Waals surface area (Å²) in [4.78, 5) is 2.50. The molecule has 0 spiro atoms. The third-order valence-electron chi connectivity index (χ3n) is 15.4. The van der Waals surface area contributed by atoms with Crippen LogP contribution in [0, 0.1) is 0 Å². The number of rotatable bonds is 10. The van der Waals surface area contributed by atoms with Crippen LogP contribution in [0.3, 0.4) is 0 Å². The molecule has 0 fully saturated rings. The normalized spacial score (nSPS) is 12.4. The molecule has 0 bridgehead atoms. The molecule has 13 aromatic rings. The van der Waals surface area contributed by atoms with E-state index >= 15 is 0 Å². The highest BCUT2D eigenvalue weighted by molar-refractivity contribution is 7.26. The fourth-order valence-corrected chi connectivity index (χ4v) is 13.1. The van der Waals surface area contributed by atoms with Crippen molar-refractivity contribution in [3.8, 4) is 66.8 Å². The minimum Gasteiger partial charge on any atom is -0.310 e. The smallest absolute Gasteiger partial charge is 0.0714 e. The fourth-order valence-electron chi connectivity index (χ4n) is 11.9. The van der Waals surface area contributed by atoms with Gasteiger partial charge >= 0.3 is 0 Å². The maximum absolute atomic E-state index is 2.50. The minimum absolute atomic E-state index is 0.625. The molecule has 1 aliphatic rings. The van der Waals surface area contributed by atoms with E-state index < -0.39 is 5.41 Å². The predicted octanol–water partition coefficient (Wildman–Crippen LogP) is 20.2. The molecular weight excluding hydrogens is 923 g/mol. The first-order valence-electron chi connectivity index (χ1n) is 25.8. The van der Waals surface area contributed by atoms with Gasteiger partial charge in [0.05, 0.1) is 11.1 Å². The monoisotopic (exact) mass is 971 g/mol. The highest BCUT2D eigenvalue weighted by atomic mass is 32.1. The first-order chi connectivity index (χ1) is 37.2. The molecule has 0 aliphatic heterocycles. The number of anilines is 3. The van der Waals surface area contributed by atoms with Crippen LogP contribution in [0.1, 0.15) is 22.3 Å². The molecule has 12 aromatic carbocycles. The van der Waals surface area contributed by atoms with Gasteiger partial charge in [-0.15, -0.1) is 11.3 Å². The van der Waals surface area contributed by atoms with Crippen LogP contribution in [-0.2, 0) is 5.41 Å². The number of hydrogen-bond donors (Lipinski definition) is 0. The number of benzene rings is 12. The summed E-state index contributed by atoms with van der Waals surface area (Å²) < 4.78 is 2.62. The van der Waals surface area contributed by atoms with E-state index in [-0.39, 0.29) is 0 Å². The first-order valence-corrected chi connectivity index (χ1v) is 26.6. The van der Waals surface area contributed by atoms with Crippen LogP contribution in [0.2, 0.25) is 0 Å². The van der Waals surface area contributed by atoms with Gasteiger partial charge in [0.25, 0.3) is 0 Å². The fraction of sp³-hybridized carbons (Fsp3) is 0.0137. The summed E-state index contributed by atoms with van der Waals surface area (Å²) in [6.07, 6.45) is 0. The van der Waals surface area contributed by atoms with Gasteiger partial charge in [-0.3, -0.25) is 0 Å². The van der Waals surface area contributed by atoms with Gasteiger partial charge in [0.1, 0.15) is 0 Å². The summed E-state index contributed by atoms with van der Waals surface area (Å²) in [5.74, 6) is 0. The molecule has 352 valence electrons. The summed E-state index contributed by atoms with van der Waals surface area (Å²) in [6, 6.07) is 110. The molecule has 1 nitrogen and oxygen atoms in total. The van der Waals surface area contributed by atoms with E-state index in [2.05, 4.69) is 302 Å². The van der Waals surface area contributed by atoms with E-state index in [0.717, 1.165) is 28.2 Å². The number of thiophene rings is 1. The molecule has 1 heterocycles. The zero-order valence-corrected chi connectivity index (χ0v) is 42.0. The van der Waals surface area contributed by atoms with Crippen molar-refractivity contribution in [1.29, 1.82) is 0 Å². The first kappa shape index (κ1) is 44.4. The molecule has 0 amide bonds. The van der Waals surface area contributed by atoms with Crippen LogP contribution < -0.4 is 4.90 Å². The van der Waals surface area contributed by atoms with Gasteiger partial charge < -0.3 is 4.90 Å². The highest BCUT2D eigenvalue weighted by Gasteiger charge is 2.46. The van der Waals surface area contributed by atoms with Gasteiger partial charge in [-0.05, 0) is 132 Å². The van der Waals surface area contributed by atoms with E-state index in [9.17, 15) is 0 Å². The SMILES string of the molecule is c1ccc(-c2ccc(-c3cc(-c4ccccc4)ccc3N(c3ccc(-c4cccc5c4sc4ccccc45)cc3)c3ccc4c(c3)C(c3ccccc3)(c3ccccc3)c3cc(-c5ccccc5)ccc3-4)cc2)cc1. The molecule has 0 unspecified atom stereocenters. The van der Waals surface area contributed by atoms with Gasteiger partial charge in [-0.2, -0.15) is 0 Å². The average Bonchev–Trinajstić information content (AvgIpc) is 4.12. The van der Waals surface area contributed by atoms with Crippen LogP contribution in [0.4, 0.5) is 17.1 Å². The van der Waals surface area contributed by atoms with Crippen molar-refractivity contribution in [3.05, 3.63) is 320 Å². The van der Waals surface area contributed by atoms with Gasteiger partial charge in [0, 0.05) is 37.1 Å². The lowest BCUT2D eigenvalue weighted by molar-refractivity contribution is 0.768. The summed E-state index contributed by atoms with van der Waals surface area (Å²) >= 11 is 1.88. The van der Waals surface area contributed by atoms with Crippen LogP contribution in [0.25, 0.3) is 86.9 Å². The average molecular weight is 972 g/mol. The molecule has 0 saturated heterocycles. The van der Waals surface area contributed by atoms with Gasteiger partial charge in [-0.1, -0.05) is 249 Å². The second-order valence-corrected chi connectivity index (χ2v) is 20.6. The molecule has 2 heteroatoms. The Morgan fingerprint density at radius 3 is 1.35 bits per heavy atom. The summed E-state index contributed by atoms with van der Waals surface area (Å²) in [5, 5.41) is 2.61. The largest absolute Gasteiger partial charge is 0.310 e. The standard InChI is InChI=1S/C73H49NS/c1-6-19-50(20-7-1)53-33-35-55(36-34-53)67-47-56(51-21-8-2-9-22-51)40-46-70(67)74(60-41-37-54(38-42-60)62-30-18-31-66-65-29-16-17-32-71(65)75-72(62)66)61-43-45-64-63-44-39-57(52-23-10-3-11-24-52)48-68(63)73(69(64)49-61,58-25-12-4-13-26-58)59-27-14-5-15-28-59/h1-49H. The Labute approximate surface area is 442 Å². The second-order valence-electron chi connectivity index (χ2n) is 19.5. The highest BCUT2D eigenvalue weighted by Crippen LogP contribution is 2.58. The molecule has 14 rings (SSSR count). The predicted molar refractivity (Wildman–Crippen MR) is 318 cm³/mol. The Balaban J connectivity index is 1.01. The molecule has 1 aliphatic carbocycles. The number of hydrogen-bond acceptors (Lipinski definition) is 2. The lowest BCUT2D eigenvalue weighted by Gasteiger charge is -2.35. The number of nitrogens with zero attached hydrogens (tertiary/aromatic N) is 1. The summed E-state index contributed by atoms with van der Waals surface area (Å²) in [6.45, 7) is 0. The Morgan fingerprint density at radius 2 is 0.707 bits per heavy atom. The maximum atomic E-state index is 2.50. The van der Waals surface area contributed by atoms with E-state index in [1.807, 2.05) is 11.3 Å². The Bertz CT molecular complexity index is 4140. The zero-order valence-electron chi connectivity index (χ0n) is 41.1. The van der Waals surface area contributed by atoms with Crippen LogP contribution in [0.5, 0.6) is 0 Å². The Morgan fingerprint density at radius 1 is 0.267 bits per heavy atom. The van der Waals surface area contributed by atoms with Gasteiger partial charge in [0.15, 0.2) is 0 Å².